The summed E-state index contributed by atoms with van der Waals surface area (Å²) in [6.45, 7) is 1.76. The Morgan fingerprint density at radius 2 is 1.84 bits per heavy atom. The number of carbonyl (C=O) groups excluding carboxylic acids is 1. The number of aryl methyl sites for hydroxylation is 1. The van der Waals surface area contributed by atoms with Crippen molar-refractivity contribution in [1.29, 1.82) is 0 Å². The molecule has 2 aromatic heterocycles. The van der Waals surface area contributed by atoms with Gasteiger partial charge in [0, 0.05) is 18.9 Å². The van der Waals surface area contributed by atoms with Gasteiger partial charge in [0.2, 0.25) is 11.8 Å². The molecule has 4 aromatic rings. The van der Waals surface area contributed by atoms with Gasteiger partial charge in [-0.05, 0) is 61.0 Å². The number of benzene rings is 2. The lowest BCUT2D eigenvalue weighted by molar-refractivity contribution is -0.137. The summed E-state index contributed by atoms with van der Waals surface area (Å²) < 4.78 is 44.9. The van der Waals surface area contributed by atoms with Crippen LogP contribution >= 0.6 is 11.6 Å². The number of urea groups is 1. The summed E-state index contributed by atoms with van der Waals surface area (Å²) in [4.78, 5) is 29.2. The lowest BCUT2D eigenvalue weighted by atomic mass is 10.2. The molecule has 3 N–H and O–H groups in total. The summed E-state index contributed by atoms with van der Waals surface area (Å²) >= 11 is 5.94. The SMILES string of the molecule is CNc1ncnc(-c2cccnc2Oc2ccc(NC(=O)Nc3cc(C(F)(F)F)ccc3Cl)cc2C)n1. The number of carbonyl (C=O) groups is 1. The molecule has 0 aliphatic carbocycles. The van der Waals surface area contributed by atoms with Gasteiger partial charge in [-0.25, -0.2) is 19.7 Å². The van der Waals surface area contributed by atoms with Crippen LogP contribution in [0, 0.1) is 6.92 Å². The number of alkyl halides is 3. The molecule has 13 heteroatoms. The number of nitrogens with zero attached hydrogens (tertiary/aromatic N) is 4. The number of pyridine rings is 1. The first kappa shape index (κ1) is 25.6. The second-order valence-electron chi connectivity index (χ2n) is 7.59. The first-order chi connectivity index (χ1) is 17.6. The number of aromatic nitrogens is 4. The minimum atomic E-state index is -4.57. The summed E-state index contributed by atoms with van der Waals surface area (Å²) in [6, 6.07) is 10.2. The number of halogens is 4. The number of ether oxygens (including phenoxy) is 1. The first-order valence-corrected chi connectivity index (χ1v) is 11.1. The molecule has 0 fully saturated rings. The van der Waals surface area contributed by atoms with Gasteiger partial charge < -0.3 is 20.7 Å². The average molecular weight is 530 g/mol. The van der Waals surface area contributed by atoms with Gasteiger partial charge in [0.05, 0.1) is 21.8 Å². The zero-order chi connectivity index (χ0) is 26.6. The van der Waals surface area contributed by atoms with Crippen LogP contribution in [0.5, 0.6) is 11.6 Å². The van der Waals surface area contributed by atoms with Crippen LogP contribution in [0.1, 0.15) is 11.1 Å². The molecule has 37 heavy (non-hydrogen) atoms. The summed E-state index contributed by atoms with van der Waals surface area (Å²) in [5.74, 6) is 1.46. The lowest BCUT2D eigenvalue weighted by Gasteiger charge is -2.14. The molecule has 0 spiro atoms. The van der Waals surface area contributed by atoms with Gasteiger partial charge >= 0.3 is 12.2 Å². The van der Waals surface area contributed by atoms with Gasteiger partial charge in [-0.3, -0.25) is 0 Å². The molecule has 2 aromatic carbocycles. The Morgan fingerprint density at radius 3 is 2.57 bits per heavy atom. The largest absolute Gasteiger partial charge is 0.438 e. The van der Waals surface area contributed by atoms with Crippen LogP contribution in [-0.2, 0) is 6.18 Å². The third-order valence-corrected chi connectivity index (χ3v) is 5.32. The van der Waals surface area contributed by atoms with Crippen molar-refractivity contribution in [3.63, 3.8) is 0 Å². The Kier molecular flexibility index (Phi) is 7.39. The van der Waals surface area contributed by atoms with E-state index in [0.717, 1.165) is 18.2 Å². The maximum absolute atomic E-state index is 13.0. The third kappa shape index (κ3) is 6.22. The monoisotopic (exact) mass is 529 g/mol. The van der Waals surface area contributed by atoms with Crippen molar-refractivity contribution in [2.75, 3.05) is 23.0 Å². The molecule has 2 heterocycles. The average Bonchev–Trinajstić information content (AvgIpc) is 2.86. The van der Waals surface area contributed by atoms with Gasteiger partial charge in [0.15, 0.2) is 5.82 Å². The molecular formula is C24H19ClF3N7O2. The van der Waals surface area contributed by atoms with Gasteiger partial charge in [-0.15, -0.1) is 0 Å². The van der Waals surface area contributed by atoms with Crippen LogP contribution in [0.2, 0.25) is 5.02 Å². The molecule has 9 nitrogen and oxygen atoms in total. The molecule has 0 radical (unpaired) electrons. The fourth-order valence-corrected chi connectivity index (χ4v) is 3.38. The normalized spacial score (nSPS) is 11.1. The minimum absolute atomic E-state index is 0.0331. The Morgan fingerprint density at radius 1 is 1.03 bits per heavy atom. The Bertz CT molecular complexity index is 1450. The maximum atomic E-state index is 13.0. The van der Waals surface area contributed by atoms with E-state index in [2.05, 4.69) is 35.9 Å². The van der Waals surface area contributed by atoms with E-state index in [1.54, 1.807) is 50.5 Å². The highest BCUT2D eigenvalue weighted by molar-refractivity contribution is 6.33. The van der Waals surface area contributed by atoms with E-state index in [9.17, 15) is 18.0 Å². The maximum Gasteiger partial charge on any atom is 0.416 e. The highest BCUT2D eigenvalue weighted by atomic mass is 35.5. The molecule has 2 amide bonds. The van der Waals surface area contributed by atoms with Crippen LogP contribution in [-0.4, -0.2) is 33.0 Å². The molecule has 0 bridgehead atoms. The van der Waals surface area contributed by atoms with E-state index >= 15 is 0 Å². The van der Waals surface area contributed by atoms with Crippen LogP contribution in [0.15, 0.2) is 61.1 Å². The molecular weight excluding hydrogens is 511 g/mol. The summed E-state index contributed by atoms with van der Waals surface area (Å²) in [5.41, 5.74) is 0.465. The number of hydrogen-bond donors (Lipinski definition) is 3. The molecule has 0 unspecified atom stereocenters. The summed E-state index contributed by atoms with van der Waals surface area (Å²) in [5, 5.41) is 7.71. The zero-order valence-corrected chi connectivity index (χ0v) is 20.1. The van der Waals surface area contributed by atoms with Crippen molar-refractivity contribution in [3.8, 4) is 23.0 Å². The predicted octanol–water partition coefficient (Wildman–Crippen LogP) is 6.39. The summed E-state index contributed by atoms with van der Waals surface area (Å²) in [7, 11) is 1.69. The molecule has 0 saturated heterocycles. The van der Waals surface area contributed by atoms with Gasteiger partial charge in [0.25, 0.3) is 0 Å². The molecule has 190 valence electrons. The topological polar surface area (TPSA) is 114 Å². The summed E-state index contributed by atoms with van der Waals surface area (Å²) in [6.07, 6.45) is -1.64. The van der Waals surface area contributed by atoms with Crippen molar-refractivity contribution >= 4 is 35.0 Å². The molecule has 0 aliphatic rings. The molecule has 4 rings (SSSR count). The van der Waals surface area contributed by atoms with Crippen LogP contribution in [0.25, 0.3) is 11.4 Å². The number of rotatable bonds is 6. The van der Waals surface area contributed by atoms with E-state index in [1.165, 1.54) is 6.33 Å². The van der Waals surface area contributed by atoms with Crippen LogP contribution < -0.4 is 20.7 Å². The van der Waals surface area contributed by atoms with Crippen molar-refractivity contribution in [1.82, 2.24) is 19.9 Å². The second kappa shape index (κ2) is 10.7. The number of hydrogen-bond acceptors (Lipinski definition) is 7. The predicted molar refractivity (Wildman–Crippen MR) is 133 cm³/mol. The quantitative estimate of drug-likeness (QED) is 0.265. The minimum Gasteiger partial charge on any atom is -0.438 e. The van der Waals surface area contributed by atoms with Crippen molar-refractivity contribution in [3.05, 3.63) is 77.2 Å². The van der Waals surface area contributed by atoms with Crippen LogP contribution in [0.3, 0.4) is 0 Å². The van der Waals surface area contributed by atoms with Gasteiger partial charge in [-0.2, -0.15) is 18.2 Å². The van der Waals surface area contributed by atoms with E-state index in [-0.39, 0.29) is 16.6 Å². The number of nitrogens with one attached hydrogen (secondary N) is 3. The molecule has 0 saturated carbocycles. The van der Waals surface area contributed by atoms with E-state index in [4.69, 9.17) is 16.3 Å². The Hall–Kier alpha value is -4.45. The molecule has 0 atom stereocenters. The van der Waals surface area contributed by atoms with E-state index < -0.39 is 17.8 Å². The Balaban J connectivity index is 1.49. The number of amides is 2. The first-order valence-electron chi connectivity index (χ1n) is 10.7. The van der Waals surface area contributed by atoms with Crippen LogP contribution in [0.4, 0.5) is 35.3 Å². The standard InChI is InChI=1S/C24H19ClF3N7O2/c1-13-10-15(33-23(36)34-18-11-14(24(26,27)28)5-7-17(18)25)6-8-19(13)37-21-16(4-3-9-30-21)20-31-12-32-22(29-2)35-20/h3-12H,1-2H3,(H2,33,34,36)(H,29,31,32,35). The smallest absolute Gasteiger partial charge is 0.416 e. The fraction of sp³-hybridized carbons (Fsp3) is 0.125. The zero-order valence-electron chi connectivity index (χ0n) is 19.4. The second-order valence-corrected chi connectivity index (χ2v) is 8.00. The van der Waals surface area contributed by atoms with Crippen molar-refractivity contribution in [2.24, 2.45) is 0 Å². The highest BCUT2D eigenvalue weighted by Gasteiger charge is 2.31. The van der Waals surface area contributed by atoms with Gasteiger partial charge in [-0.1, -0.05) is 11.6 Å². The number of anilines is 3. The van der Waals surface area contributed by atoms with Crippen molar-refractivity contribution in [2.45, 2.75) is 13.1 Å². The van der Waals surface area contributed by atoms with Gasteiger partial charge in [0.1, 0.15) is 12.1 Å². The van der Waals surface area contributed by atoms with E-state index in [1.807, 2.05) is 0 Å². The lowest BCUT2D eigenvalue weighted by Crippen LogP contribution is -2.20. The molecule has 0 aliphatic heterocycles. The third-order valence-electron chi connectivity index (χ3n) is 4.99. The van der Waals surface area contributed by atoms with E-state index in [0.29, 0.717) is 34.3 Å². The fourth-order valence-electron chi connectivity index (χ4n) is 3.22. The highest BCUT2D eigenvalue weighted by Crippen LogP contribution is 2.34. The van der Waals surface area contributed by atoms with Crippen molar-refractivity contribution < 1.29 is 22.7 Å². The Labute approximate surface area is 214 Å².